The van der Waals surface area contributed by atoms with Crippen molar-refractivity contribution in [3.63, 3.8) is 0 Å². The van der Waals surface area contributed by atoms with E-state index in [4.69, 9.17) is 0 Å². The summed E-state index contributed by atoms with van der Waals surface area (Å²) in [5, 5.41) is 9.96. The molecule has 1 aliphatic rings. The molecule has 1 aliphatic carbocycles. The summed E-state index contributed by atoms with van der Waals surface area (Å²) in [5.74, 6) is -6.26. The third-order valence-electron chi connectivity index (χ3n) is 3.71. The Hall–Kier alpha value is -1.96. The molecule has 0 aliphatic heterocycles. The highest BCUT2D eigenvalue weighted by Gasteiger charge is 2.52. The van der Waals surface area contributed by atoms with Crippen LogP contribution in [0.3, 0.4) is 0 Å². The summed E-state index contributed by atoms with van der Waals surface area (Å²) in [6, 6.07) is 0. The minimum Gasteiger partial charge on any atom is -0.469 e. The van der Waals surface area contributed by atoms with Crippen molar-refractivity contribution in [2.24, 2.45) is 17.8 Å². The van der Waals surface area contributed by atoms with Gasteiger partial charge in [0.05, 0.1) is 33.4 Å². The Balaban J connectivity index is 3.06. The Morgan fingerprint density at radius 3 is 2.14 bits per heavy atom. The molecule has 1 saturated carbocycles. The Kier molecular flexibility index (Phi) is 5.83. The summed E-state index contributed by atoms with van der Waals surface area (Å²) in [4.78, 5) is 46.5. The van der Waals surface area contributed by atoms with Gasteiger partial charge in [-0.25, -0.2) is 4.79 Å². The Labute approximate surface area is 121 Å². The van der Waals surface area contributed by atoms with Gasteiger partial charge in [0.1, 0.15) is 0 Å². The molecule has 8 nitrogen and oxygen atoms in total. The lowest BCUT2D eigenvalue weighted by Gasteiger charge is -2.21. The molecular formula is C13H18O8. The molecule has 1 rings (SSSR count). The molecule has 1 fully saturated rings. The second-order valence-electron chi connectivity index (χ2n) is 4.76. The molecule has 0 bridgehead atoms. The van der Waals surface area contributed by atoms with Crippen molar-refractivity contribution < 1.29 is 38.5 Å². The van der Waals surface area contributed by atoms with Crippen molar-refractivity contribution in [2.75, 3.05) is 21.3 Å². The number of aliphatic hydroxyl groups excluding tert-OH is 1. The first-order chi connectivity index (χ1) is 9.87. The molecule has 0 aromatic heterocycles. The van der Waals surface area contributed by atoms with Crippen molar-refractivity contribution in [3.05, 3.63) is 0 Å². The van der Waals surface area contributed by atoms with Crippen LogP contribution in [0.15, 0.2) is 0 Å². The van der Waals surface area contributed by atoms with Crippen LogP contribution in [0.4, 0.5) is 0 Å². The van der Waals surface area contributed by atoms with Crippen LogP contribution in [0, 0.1) is 17.8 Å². The van der Waals surface area contributed by atoms with E-state index in [9.17, 15) is 24.3 Å². The number of Topliss-reactive ketones (excluding diaryl/α,β-unsaturated/α-hetero) is 1. The van der Waals surface area contributed by atoms with E-state index in [1.165, 1.54) is 0 Å². The van der Waals surface area contributed by atoms with E-state index in [0.29, 0.717) is 0 Å². The molecule has 0 aromatic rings. The highest BCUT2D eigenvalue weighted by molar-refractivity contribution is 6.34. The van der Waals surface area contributed by atoms with E-state index in [0.717, 1.165) is 21.3 Å². The Morgan fingerprint density at radius 1 is 1.05 bits per heavy atom. The highest BCUT2D eigenvalue weighted by atomic mass is 16.5. The average Bonchev–Trinajstić information content (AvgIpc) is 2.80. The maximum atomic E-state index is 12.0. The SMILES string of the molecule is COC(=O)C[C@@H]1[C@@H](C(=O)OC)[C@H](O)C[C@@H]1C(=O)C(=O)OC. The normalized spacial score (nSPS) is 27.8. The molecule has 118 valence electrons. The van der Waals surface area contributed by atoms with Gasteiger partial charge in [-0.2, -0.15) is 0 Å². The number of esters is 3. The van der Waals surface area contributed by atoms with Gasteiger partial charge in [0.15, 0.2) is 0 Å². The summed E-state index contributed by atoms with van der Waals surface area (Å²) in [5.41, 5.74) is 0. The molecule has 0 radical (unpaired) electrons. The fraction of sp³-hybridized carbons (Fsp3) is 0.692. The van der Waals surface area contributed by atoms with Gasteiger partial charge in [-0.3, -0.25) is 14.4 Å². The van der Waals surface area contributed by atoms with Gasteiger partial charge in [-0.05, 0) is 12.3 Å². The summed E-state index contributed by atoms with van der Waals surface area (Å²) in [6.45, 7) is 0. The summed E-state index contributed by atoms with van der Waals surface area (Å²) < 4.78 is 13.5. The number of hydrogen-bond acceptors (Lipinski definition) is 8. The minimum absolute atomic E-state index is 0.116. The van der Waals surface area contributed by atoms with Crippen LogP contribution < -0.4 is 0 Å². The number of rotatable bonds is 5. The number of aliphatic hydroxyl groups is 1. The zero-order valence-corrected chi connectivity index (χ0v) is 12.0. The fourth-order valence-corrected chi connectivity index (χ4v) is 2.68. The zero-order valence-electron chi connectivity index (χ0n) is 12.0. The lowest BCUT2D eigenvalue weighted by molar-refractivity contribution is -0.156. The summed E-state index contributed by atoms with van der Waals surface area (Å²) >= 11 is 0. The summed E-state index contributed by atoms with van der Waals surface area (Å²) in [6.07, 6.45) is -1.57. The molecular weight excluding hydrogens is 284 g/mol. The molecule has 0 amide bonds. The van der Waals surface area contributed by atoms with Gasteiger partial charge in [-0.15, -0.1) is 0 Å². The van der Waals surface area contributed by atoms with Gasteiger partial charge >= 0.3 is 17.9 Å². The van der Waals surface area contributed by atoms with E-state index in [-0.39, 0.29) is 12.8 Å². The molecule has 21 heavy (non-hydrogen) atoms. The van der Waals surface area contributed by atoms with E-state index < -0.39 is 47.5 Å². The molecule has 0 aromatic carbocycles. The third-order valence-corrected chi connectivity index (χ3v) is 3.71. The third kappa shape index (κ3) is 3.57. The Morgan fingerprint density at radius 2 is 1.67 bits per heavy atom. The number of hydrogen-bond donors (Lipinski definition) is 1. The fourth-order valence-electron chi connectivity index (χ4n) is 2.68. The number of carbonyl (C=O) groups is 4. The maximum Gasteiger partial charge on any atom is 0.374 e. The van der Waals surface area contributed by atoms with Crippen LogP contribution in [0.25, 0.3) is 0 Å². The quantitative estimate of drug-likeness (QED) is 0.393. The van der Waals surface area contributed by atoms with Crippen molar-refractivity contribution >= 4 is 23.7 Å². The van der Waals surface area contributed by atoms with Gasteiger partial charge < -0.3 is 19.3 Å². The standard InChI is InChI=1S/C13H18O8/c1-19-9(15)5-6-7(11(16)13(18)21-3)4-8(14)10(6)12(17)20-2/h6-8,10,14H,4-5H2,1-3H3/t6-,7-,8+,10+/m0/s1. The molecule has 0 spiro atoms. The van der Waals surface area contributed by atoms with Crippen molar-refractivity contribution in [1.29, 1.82) is 0 Å². The first-order valence-corrected chi connectivity index (χ1v) is 6.32. The van der Waals surface area contributed by atoms with E-state index >= 15 is 0 Å². The van der Waals surface area contributed by atoms with E-state index in [1.807, 2.05) is 0 Å². The van der Waals surface area contributed by atoms with Crippen LogP contribution in [0.1, 0.15) is 12.8 Å². The lowest BCUT2D eigenvalue weighted by atomic mass is 9.84. The largest absolute Gasteiger partial charge is 0.469 e. The molecule has 0 heterocycles. The van der Waals surface area contributed by atoms with Crippen LogP contribution in [-0.4, -0.2) is 56.2 Å². The van der Waals surface area contributed by atoms with E-state index in [1.54, 1.807) is 0 Å². The van der Waals surface area contributed by atoms with Gasteiger partial charge in [0.2, 0.25) is 5.78 Å². The van der Waals surface area contributed by atoms with Crippen molar-refractivity contribution in [2.45, 2.75) is 18.9 Å². The first kappa shape index (κ1) is 17.1. The topological polar surface area (TPSA) is 116 Å². The second-order valence-corrected chi connectivity index (χ2v) is 4.76. The van der Waals surface area contributed by atoms with Crippen molar-refractivity contribution in [3.8, 4) is 0 Å². The smallest absolute Gasteiger partial charge is 0.374 e. The summed E-state index contributed by atoms with van der Waals surface area (Å²) in [7, 11) is 3.36. The molecule has 0 saturated heterocycles. The first-order valence-electron chi connectivity index (χ1n) is 6.32. The number of ketones is 1. The predicted molar refractivity (Wildman–Crippen MR) is 66.8 cm³/mol. The number of ether oxygens (including phenoxy) is 3. The lowest BCUT2D eigenvalue weighted by Crippen LogP contribution is -2.34. The van der Waals surface area contributed by atoms with Crippen LogP contribution in [0.5, 0.6) is 0 Å². The highest BCUT2D eigenvalue weighted by Crippen LogP contribution is 2.41. The van der Waals surface area contributed by atoms with Gasteiger partial charge in [0.25, 0.3) is 0 Å². The molecule has 1 N–H and O–H groups in total. The second kappa shape index (κ2) is 7.16. The van der Waals surface area contributed by atoms with Gasteiger partial charge in [-0.1, -0.05) is 0 Å². The van der Waals surface area contributed by atoms with Gasteiger partial charge in [0, 0.05) is 12.3 Å². The average molecular weight is 302 g/mol. The zero-order chi connectivity index (χ0) is 16.2. The molecule has 8 heteroatoms. The van der Waals surface area contributed by atoms with Crippen LogP contribution in [0.2, 0.25) is 0 Å². The monoisotopic (exact) mass is 302 g/mol. The molecule has 0 unspecified atom stereocenters. The minimum atomic E-state index is -1.18. The number of carbonyl (C=O) groups excluding carboxylic acids is 4. The maximum absolute atomic E-state index is 12.0. The predicted octanol–water partition coefficient (Wildman–Crippen LogP) is -0.922. The molecule has 4 atom stereocenters. The Bertz CT molecular complexity index is 443. The van der Waals surface area contributed by atoms with Crippen LogP contribution >= 0.6 is 0 Å². The van der Waals surface area contributed by atoms with Crippen LogP contribution in [-0.2, 0) is 33.4 Å². The van der Waals surface area contributed by atoms with E-state index in [2.05, 4.69) is 14.2 Å². The van der Waals surface area contributed by atoms with Crippen molar-refractivity contribution in [1.82, 2.24) is 0 Å². The number of methoxy groups -OCH3 is 3.